The molecule has 0 saturated heterocycles. The standard InChI is InChI=1S/C27H29BrN2O4S/c28-25-19-21(11-16-26(25)34-18-17-20-7-3-1-4-8-20)27(31)29-22-12-14-24(15-13-22)35(32,33)30-23-9-5-2-6-10-23/h1,3-4,7-8,11-16,19,23,30H,2,5-6,9-10,17-18H2,(H,29,31). The molecule has 1 amide bonds. The number of halogens is 1. The minimum atomic E-state index is -3.58. The highest BCUT2D eigenvalue weighted by molar-refractivity contribution is 9.10. The molecule has 0 aromatic heterocycles. The minimum Gasteiger partial charge on any atom is -0.492 e. The van der Waals surface area contributed by atoms with Gasteiger partial charge in [-0.05, 0) is 76.8 Å². The van der Waals surface area contributed by atoms with E-state index in [1.54, 1.807) is 30.3 Å². The second-order valence-corrected chi connectivity index (χ2v) is 11.2. The lowest BCUT2D eigenvalue weighted by Gasteiger charge is -2.22. The topological polar surface area (TPSA) is 84.5 Å². The molecule has 6 nitrogen and oxygen atoms in total. The van der Waals surface area contributed by atoms with Gasteiger partial charge in [-0.2, -0.15) is 0 Å². The number of ether oxygens (including phenoxy) is 1. The zero-order valence-electron chi connectivity index (χ0n) is 19.4. The molecular weight excluding hydrogens is 528 g/mol. The van der Waals surface area contributed by atoms with Gasteiger partial charge in [0, 0.05) is 23.7 Å². The molecule has 0 aliphatic heterocycles. The fourth-order valence-electron chi connectivity index (χ4n) is 4.11. The van der Waals surface area contributed by atoms with E-state index in [1.807, 2.05) is 18.2 Å². The number of carbonyl (C=O) groups excluding carboxylic acids is 1. The van der Waals surface area contributed by atoms with Crippen LogP contribution >= 0.6 is 15.9 Å². The van der Waals surface area contributed by atoms with Gasteiger partial charge in [0.25, 0.3) is 5.91 Å². The predicted molar refractivity (Wildman–Crippen MR) is 141 cm³/mol. The van der Waals surface area contributed by atoms with E-state index in [9.17, 15) is 13.2 Å². The Balaban J connectivity index is 1.32. The Morgan fingerprint density at radius 3 is 2.34 bits per heavy atom. The molecule has 4 rings (SSSR count). The average Bonchev–Trinajstić information content (AvgIpc) is 2.86. The monoisotopic (exact) mass is 556 g/mol. The number of hydrogen-bond acceptors (Lipinski definition) is 4. The van der Waals surface area contributed by atoms with Crippen LogP contribution in [0, 0.1) is 0 Å². The Hall–Kier alpha value is -2.68. The molecule has 3 aromatic carbocycles. The molecule has 0 atom stereocenters. The molecular formula is C27H29BrN2O4S. The van der Waals surface area contributed by atoms with Gasteiger partial charge in [0.05, 0.1) is 16.0 Å². The van der Waals surface area contributed by atoms with Crippen LogP contribution < -0.4 is 14.8 Å². The summed E-state index contributed by atoms with van der Waals surface area (Å²) >= 11 is 3.48. The molecule has 1 fully saturated rings. The summed E-state index contributed by atoms with van der Waals surface area (Å²) < 4.78 is 34.7. The van der Waals surface area contributed by atoms with Gasteiger partial charge >= 0.3 is 0 Å². The Morgan fingerprint density at radius 2 is 1.66 bits per heavy atom. The molecule has 0 radical (unpaired) electrons. The van der Waals surface area contributed by atoms with Crippen molar-refractivity contribution in [1.29, 1.82) is 0 Å². The van der Waals surface area contributed by atoms with Crippen LogP contribution in [0.5, 0.6) is 5.75 Å². The van der Waals surface area contributed by atoms with Crippen molar-refractivity contribution in [2.24, 2.45) is 0 Å². The van der Waals surface area contributed by atoms with E-state index in [2.05, 4.69) is 38.1 Å². The van der Waals surface area contributed by atoms with E-state index >= 15 is 0 Å². The van der Waals surface area contributed by atoms with E-state index < -0.39 is 10.0 Å². The van der Waals surface area contributed by atoms with Crippen molar-refractivity contribution in [3.05, 3.63) is 88.4 Å². The maximum absolute atomic E-state index is 12.7. The SMILES string of the molecule is O=C(Nc1ccc(S(=O)(=O)NC2CCCCC2)cc1)c1ccc(OCCc2ccccc2)c(Br)c1. The van der Waals surface area contributed by atoms with Crippen molar-refractivity contribution in [3.63, 3.8) is 0 Å². The summed E-state index contributed by atoms with van der Waals surface area (Å²) in [5, 5.41) is 2.81. The van der Waals surface area contributed by atoms with E-state index in [1.165, 1.54) is 17.7 Å². The van der Waals surface area contributed by atoms with Gasteiger partial charge in [-0.1, -0.05) is 49.6 Å². The lowest BCUT2D eigenvalue weighted by Crippen LogP contribution is -2.36. The van der Waals surface area contributed by atoms with Gasteiger partial charge < -0.3 is 10.1 Å². The third-order valence-electron chi connectivity index (χ3n) is 6.03. The van der Waals surface area contributed by atoms with Gasteiger partial charge in [0.1, 0.15) is 5.75 Å². The predicted octanol–water partition coefficient (Wildman–Crippen LogP) is 5.93. The summed E-state index contributed by atoms with van der Waals surface area (Å²) in [5.74, 6) is 0.370. The summed E-state index contributed by atoms with van der Waals surface area (Å²) in [5.41, 5.74) is 2.18. The molecule has 0 spiro atoms. The van der Waals surface area contributed by atoms with Gasteiger partial charge in [-0.15, -0.1) is 0 Å². The molecule has 0 bridgehead atoms. The highest BCUT2D eigenvalue weighted by atomic mass is 79.9. The Kier molecular flexibility index (Phi) is 8.59. The minimum absolute atomic E-state index is 0.00290. The molecule has 1 aliphatic rings. The Labute approximate surface area is 215 Å². The fourth-order valence-corrected chi connectivity index (χ4v) is 5.91. The van der Waals surface area contributed by atoms with Crippen LogP contribution in [0.15, 0.2) is 82.2 Å². The lowest BCUT2D eigenvalue weighted by molar-refractivity contribution is 0.102. The summed E-state index contributed by atoms with van der Waals surface area (Å²) in [6.07, 6.45) is 5.80. The van der Waals surface area contributed by atoms with Crippen molar-refractivity contribution >= 4 is 37.5 Å². The van der Waals surface area contributed by atoms with Crippen LogP contribution in [0.4, 0.5) is 5.69 Å². The number of amides is 1. The van der Waals surface area contributed by atoms with Crippen LogP contribution in [-0.2, 0) is 16.4 Å². The van der Waals surface area contributed by atoms with E-state index in [0.717, 1.165) is 38.5 Å². The molecule has 0 heterocycles. The number of hydrogen-bond donors (Lipinski definition) is 2. The third-order valence-corrected chi connectivity index (χ3v) is 8.19. The van der Waals surface area contributed by atoms with Crippen molar-refractivity contribution in [2.45, 2.75) is 49.5 Å². The number of anilines is 1. The number of carbonyl (C=O) groups is 1. The molecule has 2 N–H and O–H groups in total. The lowest BCUT2D eigenvalue weighted by atomic mass is 9.96. The first-order valence-electron chi connectivity index (χ1n) is 11.8. The molecule has 35 heavy (non-hydrogen) atoms. The Morgan fingerprint density at radius 1 is 0.943 bits per heavy atom. The summed E-state index contributed by atoms with van der Waals surface area (Å²) in [6, 6.07) is 21.5. The van der Waals surface area contributed by atoms with Crippen LogP contribution in [0.3, 0.4) is 0 Å². The zero-order valence-corrected chi connectivity index (χ0v) is 21.8. The van der Waals surface area contributed by atoms with Crippen molar-refractivity contribution in [3.8, 4) is 5.75 Å². The van der Waals surface area contributed by atoms with Crippen LogP contribution in [0.25, 0.3) is 0 Å². The summed E-state index contributed by atoms with van der Waals surface area (Å²) in [6.45, 7) is 0.527. The summed E-state index contributed by atoms with van der Waals surface area (Å²) in [4.78, 5) is 12.9. The normalized spacial score (nSPS) is 14.4. The van der Waals surface area contributed by atoms with Gasteiger partial charge in [0.15, 0.2) is 0 Å². The maximum Gasteiger partial charge on any atom is 0.255 e. The maximum atomic E-state index is 12.7. The molecule has 1 saturated carbocycles. The van der Waals surface area contributed by atoms with Gasteiger partial charge in [0.2, 0.25) is 10.0 Å². The molecule has 3 aromatic rings. The van der Waals surface area contributed by atoms with Crippen molar-refractivity contribution in [1.82, 2.24) is 4.72 Å². The first kappa shape index (κ1) is 25.4. The molecule has 1 aliphatic carbocycles. The quantitative estimate of drug-likeness (QED) is 0.342. The van der Waals surface area contributed by atoms with Crippen molar-refractivity contribution in [2.75, 3.05) is 11.9 Å². The molecule has 0 unspecified atom stereocenters. The number of nitrogens with one attached hydrogen (secondary N) is 2. The van der Waals surface area contributed by atoms with E-state index in [-0.39, 0.29) is 16.8 Å². The van der Waals surface area contributed by atoms with Crippen LogP contribution in [0.1, 0.15) is 48.0 Å². The fraction of sp³-hybridized carbons (Fsp3) is 0.296. The van der Waals surface area contributed by atoms with E-state index in [0.29, 0.717) is 28.1 Å². The second-order valence-electron chi connectivity index (χ2n) is 8.66. The van der Waals surface area contributed by atoms with Gasteiger partial charge in [-0.3, -0.25) is 4.79 Å². The van der Waals surface area contributed by atoms with Gasteiger partial charge in [-0.25, -0.2) is 13.1 Å². The smallest absolute Gasteiger partial charge is 0.255 e. The van der Waals surface area contributed by atoms with Crippen molar-refractivity contribution < 1.29 is 17.9 Å². The largest absolute Gasteiger partial charge is 0.492 e. The first-order chi connectivity index (χ1) is 16.9. The number of sulfonamides is 1. The number of benzene rings is 3. The van der Waals surface area contributed by atoms with E-state index in [4.69, 9.17) is 4.74 Å². The number of rotatable bonds is 9. The highest BCUT2D eigenvalue weighted by Gasteiger charge is 2.22. The molecule has 184 valence electrons. The molecule has 8 heteroatoms. The summed E-state index contributed by atoms with van der Waals surface area (Å²) in [7, 11) is -3.58. The Bertz CT molecular complexity index is 1240. The second kappa shape index (κ2) is 11.8. The zero-order chi connectivity index (χ0) is 24.7. The van der Waals surface area contributed by atoms with Crippen LogP contribution in [-0.4, -0.2) is 27.0 Å². The third kappa shape index (κ3) is 7.16. The van der Waals surface area contributed by atoms with Crippen LogP contribution in [0.2, 0.25) is 0 Å². The first-order valence-corrected chi connectivity index (χ1v) is 14.1. The highest BCUT2D eigenvalue weighted by Crippen LogP contribution is 2.27. The average molecular weight is 558 g/mol.